The van der Waals surface area contributed by atoms with Crippen LogP contribution in [0.4, 0.5) is 15.8 Å². The van der Waals surface area contributed by atoms with E-state index >= 15 is 0 Å². The minimum absolute atomic E-state index is 0.199. The summed E-state index contributed by atoms with van der Waals surface area (Å²) in [7, 11) is 1.42. The standard InChI is InChI=1S/C14H10BrFN2O/c1-19-14-5-3-10(7-12(14)16)18-13-4-2-9(8-17)6-11(13)15/h2-7,18H,1H3. The number of hydrogen-bond donors (Lipinski definition) is 1. The van der Waals surface area contributed by atoms with E-state index in [2.05, 4.69) is 21.2 Å². The second-order valence-corrected chi connectivity index (χ2v) is 4.64. The zero-order valence-corrected chi connectivity index (χ0v) is 11.7. The number of ether oxygens (including phenoxy) is 1. The van der Waals surface area contributed by atoms with Crippen LogP contribution < -0.4 is 10.1 Å². The third-order valence-corrected chi connectivity index (χ3v) is 3.19. The SMILES string of the molecule is COc1ccc(Nc2ccc(C#N)cc2Br)cc1F. The second kappa shape index (κ2) is 5.72. The molecule has 0 saturated heterocycles. The van der Waals surface area contributed by atoms with Gasteiger partial charge in [-0.05, 0) is 46.3 Å². The van der Waals surface area contributed by atoms with Crippen LogP contribution >= 0.6 is 15.9 Å². The smallest absolute Gasteiger partial charge is 0.167 e. The molecule has 0 aliphatic rings. The van der Waals surface area contributed by atoms with Crippen molar-refractivity contribution in [1.82, 2.24) is 0 Å². The maximum Gasteiger partial charge on any atom is 0.167 e. The molecular weight excluding hydrogens is 311 g/mol. The number of anilines is 2. The van der Waals surface area contributed by atoms with Crippen LogP contribution in [0.3, 0.4) is 0 Å². The zero-order valence-electron chi connectivity index (χ0n) is 10.1. The fraction of sp³-hybridized carbons (Fsp3) is 0.0714. The highest BCUT2D eigenvalue weighted by molar-refractivity contribution is 9.10. The van der Waals surface area contributed by atoms with Crippen LogP contribution in [0, 0.1) is 17.1 Å². The topological polar surface area (TPSA) is 45.0 Å². The number of hydrogen-bond acceptors (Lipinski definition) is 3. The van der Waals surface area contributed by atoms with Crippen molar-refractivity contribution in [3.63, 3.8) is 0 Å². The van der Waals surface area contributed by atoms with E-state index in [0.29, 0.717) is 11.3 Å². The molecule has 0 unspecified atom stereocenters. The highest BCUT2D eigenvalue weighted by Gasteiger charge is 2.06. The Labute approximate surface area is 118 Å². The van der Waals surface area contributed by atoms with Gasteiger partial charge in [0.1, 0.15) is 0 Å². The molecule has 96 valence electrons. The maximum atomic E-state index is 13.6. The van der Waals surface area contributed by atoms with Gasteiger partial charge in [0.05, 0.1) is 24.4 Å². The lowest BCUT2D eigenvalue weighted by Gasteiger charge is -2.10. The monoisotopic (exact) mass is 320 g/mol. The Bertz CT molecular complexity index is 652. The number of methoxy groups -OCH3 is 1. The quantitative estimate of drug-likeness (QED) is 0.921. The first-order chi connectivity index (χ1) is 9.13. The van der Waals surface area contributed by atoms with Crippen LogP contribution in [-0.2, 0) is 0 Å². The number of rotatable bonds is 3. The molecule has 0 aromatic heterocycles. The number of benzene rings is 2. The fourth-order valence-corrected chi connectivity index (χ4v) is 2.06. The lowest BCUT2D eigenvalue weighted by molar-refractivity contribution is 0.386. The van der Waals surface area contributed by atoms with E-state index in [4.69, 9.17) is 10.00 Å². The molecule has 0 fully saturated rings. The maximum absolute atomic E-state index is 13.6. The third-order valence-electron chi connectivity index (χ3n) is 2.53. The first-order valence-electron chi connectivity index (χ1n) is 5.44. The van der Waals surface area contributed by atoms with E-state index in [-0.39, 0.29) is 5.75 Å². The molecule has 0 atom stereocenters. The zero-order chi connectivity index (χ0) is 13.8. The van der Waals surface area contributed by atoms with E-state index in [1.54, 1.807) is 30.3 Å². The van der Waals surface area contributed by atoms with Gasteiger partial charge in [-0.15, -0.1) is 0 Å². The van der Waals surface area contributed by atoms with E-state index in [9.17, 15) is 4.39 Å². The lowest BCUT2D eigenvalue weighted by atomic mass is 10.2. The average molecular weight is 321 g/mol. The molecule has 0 saturated carbocycles. The molecule has 19 heavy (non-hydrogen) atoms. The predicted octanol–water partition coefficient (Wildman–Crippen LogP) is 4.21. The molecule has 0 radical (unpaired) electrons. The minimum Gasteiger partial charge on any atom is -0.494 e. The van der Waals surface area contributed by atoms with Gasteiger partial charge in [-0.25, -0.2) is 4.39 Å². The number of nitriles is 1. The number of halogens is 2. The van der Waals surface area contributed by atoms with E-state index in [1.165, 1.54) is 13.2 Å². The van der Waals surface area contributed by atoms with Crippen molar-refractivity contribution < 1.29 is 9.13 Å². The Morgan fingerprint density at radius 1 is 1.26 bits per heavy atom. The molecular formula is C14H10BrFN2O. The van der Waals surface area contributed by atoms with Crippen LogP contribution in [0.1, 0.15) is 5.56 Å². The van der Waals surface area contributed by atoms with Gasteiger partial charge >= 0.3 is 0 Å². The second-order valence-electron chi connectivity index (χ2n) is 3.78. The van der Waals surface area contributed by atoms with Gasteiger partial charge in [-0.3, -0.25) is 0 Å². The van der Waals surface area contributed by atoms with Crippen molar-refractivity contribution in [3.8, 4) is 11.8 Å². The first-order valence-corrected chi connectivity index (χ1v) is 6.23. The van der Waals surface area contributed by atoms with Crippen molar-refractivity contribution in [1.29, 1.82) is 5.26 Å². The normalized spacial score (nSPS) is 9.79. The highest BCUT2D eigenvalue weighted by atomic mass is 79.9. The van der Waals surface area contributed by atoms with E-state index in [1.807, 2.05) is 6.07 Å². The first kappa shape index (κ1) is 13.4. The molecule has 2 aromatic rings. The molecule has 0 aliphatic heterocycles. The fourth-order valence-electron chi connectivity index (χ4n) is 1.59. The summed E-state index contributed by atoms with van der Waals surface area (Å²) in [6, 6.07) is 11.8. The Morgan fingerprint density at radius 3 is 2.63 bits per heavy atom. The largest absolute Gasteiger partial charge is 0.494 e. The Hall–Kier alpha value is -2.06. The minimum atomic E-state index is -0.433. The van der Waals surface area contributed by atoms with Gasteiger partial charge in [-0.2, -0.15) is 5.26 Å². The van der Waals surface area contributed by atoms with Crippen LogP contribution in [0.25, 0.3) is 0 Å². The summed E-state index contributed by atoms with van der Waals surface area (Å²) >= 11 is 3.36. The van der Waals surface area contributed by atoms with Crippen molar-refractivity contribution in [3.05, 3.63) is 52.3 Å². The van der Waals surface area contributed by atoms with Gasteiger partial charge in [0, 0.05) is 16.2 Å². The Kier molecular flexibility index (Phi) is 4.03. The lowest BCUT2D eigenvalue weighted by Crippen LogP contribution is -1.94. The van der Waals surface area contributed by atoms with Crippen LogP contribution in [0.5, 0.6) is 5.75 Å². The van der Waals surface area contributed by atoms with E-state index in [0.717, 1.165) is 10.2 Å². The molecule has 1 N–H and O–H groups in total. The van der Waals surface area contributed by atoms with Crippen LogP contribution in [0.2, 0.25) is 0 Å². The molecule has 2 aromatic carbocycles. The van der Waals surface area contributed by atoms with Gasteiger partial charge in [0.25, 0.3) is 0 Å². The number of nitrogens with zero attached hydrogens (tertiary/aromatic N) is 1. The molecule has 2 rings (SSSR count). The molecule has 3 nitrogen and oxygen atoms in total. The summed E-state index contributed by atoms with van der Waals surface area (Å²) < 4.78 is 19.1. The van der Waals surface area contributed by atoms with Crippen LogP contribution in [0.15, 0.2) is 40.9 Å². The van der Waals surface area contributed by atoms with E-state index < -0.39 is 5.82 Å². The molecule has 0 amide bonds. The van der Waals surface area contributed by atoms with Crippen molar-refractivity contribution in [2.45, 2.75) is 0 Å². The summed E-state index contributed by atoms with van der Waals surface area (Å²) in [5, 5.41) is 11.8. The summed E-state index contributed by atoms with van der Waals surface area (Å²) in [5.74, 6) is -0.235. The summed E-state index contributed by atoms with van der Waals surface area (Å²) in [5.41, 5.74) is 1.91. The molecule has 0 bridgehead atoms. The summed E-state index contributed by atoms with van der Waals surface area (Å²) in [6.07, 6.45) is 0. The van der Waals surface area contributed by atoms with Crippen LogP contribution in [-0.4, -0.2) is 7.11 Å². The highest BCUT2D eigenvalue weighted by Crippen LogP contribution is 2.28. The van der Waals surface area contributed by atoms with Gasteiger partial charge in [0.2, 0.25) is 0 Å². The molecule has 0 spiro atoms. The molecule has 5 heteroatoms. The van der Waals surface area contributed by atoms with Gasteiger partial charge in [-0.1, -0.05) is 0 Å². The van der Waals surface area contributed by atoms with Gasteiger partial charge in [0.15, 0.2) is 11.6 Å². The molecule has 0 heterocycles. The number of nitrogens with one attached hydrogen (secondary N) is 1. The van der Waals surface area contributed by atoms with Crippen molar-refractivity contribution in [2.24, 2.45) is 0 Å². The summed E-state index contributed by atoms with van der Waals surface area (Å²) in [6.45, 7) is 0. The molecule has 0 aliphatic carbocycles. The van der Waals surface area contributed by atoms with Gasteiger partial charge < -0.3 is 10.1 Å². The summed E-state index contributed by atoms with van der Waals surface area (Å²) in [4.78, 5) is 0. The Balaban J connectivity index is 2.26. The predicted molar refractivity (Wildman–Crippen MR) is 75.1 cm³/mol. The van der Waals surface area contributed by atoms with Crippen molar-refractivity contribution >= 4 is 27.3 Å². The average Bonchev–Trinajstić information content (AvgIpc) is 2.41. The Morgan fingerprint density at radius 2 is 2.05 bits per heavy atom. The third kappa shape index (κ3) is 3.04. The van der Waals surface area contributed by atoms with Crippen molar-refractivity contribution in [2.75, 3.05) is 12.4 Å².